The molecule has 0 aliphatic rings. The van der Waals surface area contributed by atoms with Gasteiger partial charge in [-0.05, 0) is 11.6 Å². The van der Waals surface area contributed by atoms with Crippen LogP contribution in [0.25, 0.3) is 10.4 Å². The zero-order valence-corrected chi connectivity index (χ0v) is 3.98. The van der Waals surface area contributed by atoms with Gasteiger partial charge in [0.2, 0.25) is 0 Å². The summed E-state index contributed by atoms with van der Waals surface area (Å²) >= 11 is 0. The molecule has 1 rings (SSSR count). The van der Waals surface area contributed by atoms with Crippen LogP contribution in [-0.4, -0.2) is 0 Å². The topological polar surface area (TPSA) is 61.9 Å². The number of azide groups is 1. The van der Waals surface area contributed by atoms with Gasteiger partial charge in [-0.2, -0.15) is 0 Å². The second-order valence-corrected chi connectivity index (χ2v) is 1.17. The lowest BCUT2D eigenvalue weighted by molar-refractivity contribution is 0.568. The third kappa shape index (κ3) is 0.802. The summed E-state index contributed by atoms with van der Waals surface area (Å²) in [5, 5.41) is 3.25. The first-order valence-corrected chi connectivity index (χ1v) is 2.01. The predicted molar refractivity (Wildman–Crippen MR) is 27.5 cm³/mol. The largest absolute Gasteiger partial charge is 0.472 e. The Balaban J connectivity index is 2.93. The highest BCUT2D eigenvalue weighted by Gasteiger charge is 1.83. The average molecular weight is 109 g/mol. The van der Waals surface area contributed by atoms with Gasteiger partial charge in [0.25, 0.3) is 0 Å². The second kappa shape index (κ2) is 2.04. The zero-order chi connectivity index (χ0) is 5.82. The van der Waals surface area contributed by atoms with Crippen molar-refractivity contribution in [2.75, 3.05) is 0 Å². The van der Waals surface area contributed by atoms with Gasteiger partial charge in [-0.1, -0.05) is 5.11 Å². The van der Waals surface area contributed by atoms with Crippen LogP contribution in [0.4, 0.5) is 5.69 Å². The Kier molecular flexibility index (Phi) is 1.21. The molecule has 0 amide bonds. The molecule has 0 aliphatic heterocycles. The summed E-state index contributed by atoms with van der Waals surface area (Å²) in [5.41, 5.74) is 8.36. The van der Waals surface area contributed by atoms with Gasteiger partial charge in [0.15, 0.2) is 0 Å². The maximum Gasteiger partial charge on any atom is 0.0998 e. The van der Waals surface area contributed by atoms with E-state index < -0.39 is 0 Å². The minimum absolute atomic E-state index is 0.507. The molecule has 8 heavy (non-hydrogen) atoms. The monoisotopic (exact) mass is 109 g/mol. The van der Waals surface area contributed by atoms with Crippen LogP contribution >= 0.6 is 0 Å². The van der Waals surface area contributed by atoms with Gasteiger partial charge in [-0.25, -0.2) is 0 Å². The highest BCUT2D eigenvalue weighted by atomic mass is 16.3. The molecule has 0 bridgehead atoms. The molecule has 1 aromatic heterocycles. The van der Waals surface area contributed by atoms with Crippen molar-refractivity contribution < 1.29 is 4.42 Å². The Morgan fingerprint density at radius 3 is 3.12 bits per heavy atom. The first kappa shape index (κ1) is 4.74. The molecule has 0 spiro atoms. The molecule has 0 saturated heterocycles. The number of furan rings is 1. The summed E-state index contributed by atoms with van der Waals surface area (Å²) in [7, 11) is 0. The molecule has 0 saturated carbocycles. The quantitative estimate of drug-likeness (QED) is 0.310. The normalized spacial score (nSPS) is 8.00. The summed E-state index contributed by atoms with van der Waals surface area (Å²) in [6.07, 6.45) is 2.82. The van der Waals surface area contributed by atoms with Crippen molar-refractivity contribution in [2.45, 2.75) is 0 Å². The molecule has 0 aromatic carbocycles. The van der Waals surface area contributed by atoms with Crippen LogP contribution in [0.3, 0.4) is 0 Å². The maximum absolute atomic E-state index is 7.85. The van der Waals surface area contributed by atoms with Gasteiger partial charge in [-0.3, -0.25) is 0 Å². The lowest BCUT2D eigenvalue weighted by Gasteiger charge is -1.67. The minimum Gasteiger partial charge on any atom is -0.472 e. The molecule has 40 valence electrons. The van der Waals surface area contributed by atoms with E-state index in [2.05, 4.69) is 14.4 Å². The SMILES string of the molecule is [N-]=[N+]=Nc1ccoc1. The number of rotatable bonds is 1. The molecular formula is C4H3N3O. The van der Waals surface area contributed by atoms with Crippen molar-refractivity contribution in [3.05, 3.63) is 29.0 Å². The van der Waals surface area contributed by atoms with E-state index in [0.29, 0.717) is 5.69 Å². The molecule has 4 nitrogen and oxygen atoms in total. The van der Waals surface area contributed by atoms with E-state index in [9.17, 15) is 0 Å². The average Bonchev–Trinajstić information content (AvgIpc) is 2.19. The van der Waals surface area contributed by atoms with Crippen molar-refractivity contribution in [2.24, 2.45) is 5.11 Å². The van der Waals surface area contributed by atoms with Crippen molar-refractivity contribution in [1.82, 2.24) is 0 Å². The van der Waals surface area contributed by atoms with E-state index in [1.54, 1.807) is 6.07 Å². The molecule has 1 aromatic rings. The molecular weight excluding hydrogens is 106 g/mol. The fourth-order valence-corrected chi connectivity index (χ4v) is 0.366. The second-order valence-electron chi connectivity index (χ2n) is 1.17. The van der Waals surface area contributed by atoms with Crippen LogP contribution in [0.1, 0.15) is 0 Å². The van der Waals surface area contributed by atoms with Gasteiger partial charge < -0.3 is 4.42 Å². The summed E-state index contributed by atoms with van der Waals surface area (Å²) in [4.78, 5) is 2.54. The van der Waals surface area contributed by atoms with Crippen molar-refractivity contribution in [3.63, 3.8) is 0 Å². The summed E-state index contributed by atoms with van der Waals surface area (Å²) in [6, 6.07) is 1.58. The summed E-state index contributed by atoms with van der Waals surface area (Å²) in [6.45, 7) is 0. The van der Waals surface area contributed by atoms with Gasteiger partial charge in [0.05, 0.1) is 18.2 Å². The fraction of sp³-hybridized carbons (Fsp3) is 0. The van der Waals surface area contributed by atoms with E-state index in [0.717, 1.165) is 0 Å². The van der Waals surface area contributed by atoms with Gasteiger partial charge >= 0.3 is 0 Å². The molecule has 4 heteroatoms. The van der Waals surface area contributed by atoms with Crippen LogP contribution in [0.2, 0.25) is 0 Å². The fourth-order valence-electron chi connectivity index (χ4n) is 0.366. The van der Waals surface area contributed by atoms with Crippen LogP contribution in [0.5, 0.6) is 0 Å². The molecule has 0 fully saturated rings. The Morgan fingerprint density at radius 1 is 1.75 bits per heavy atom. The number of hydrogen-bond donors (Lipinski definition) is 0. The van der Waals surface area contributed by atoms with Gasteiger partial charge in [0, 0.05) is 4.91 Å². The first-order chi connectivity index (χ1) is 3.93. The molecule has 0 radical (unpaired) electrons. The smallest absolute Gasteiger partial charge is 0.0998 e. The van der Waals surface area contributed by atoms with Crippen LogP contribution in [-0.2, 0) is 0 Å². The Bertz CT molecular complexity index is 197. The lowest BCUT2D eigenvalue weighted by Crippen LogP contribution is -1.40. The molecule has 0 atom stereocenters. The third-order valence-electron chi connectivity index (χ3n) is 0.666. The lowest BCUT2D eigenvalue weighted by atomic mass is 10.6. The molecule has 1 heterocycles. The Hall–Kier alpha value is -1.41. The zero-order valence-electron chi connectivity index (χ0n) is 3.98. The summed E-state index contributed by atoms with van der Waals surface area (Å²) in [5.74, 6) is 0. The van der Waals surface area contributed by atoms with E-state index in [-0.39, 0.29) is 0 Å². The van der Waals surface area contributed by atoms with E-state index in [4.69, 9.17) is 5.53 Å². The highest BCUT2D eigenvalue weighted by Crippen LogP contribution is 2.10. The van der Waals surface area contributed by atoms with Crippen LogP contribution in [0.15, 0.2) is 28.1 Å². The van der Waals surface area contributed by atoms with Crippen molar-refractivity contribution >= 4 is 5.69 Å². The first-order valence-electron chi connectivity index (χ1n) is 2.01. The van der Waals surface area contributed by atoms with E-state index in [1.165, 1.54) is 12.5 Å². The van der Waals surface area contributed by atoms with Crippen molar-refractivity contribution in [1.29, 1.82) is 0 Å². The van der Waals surface area contributed by atoms with E-state index in [1.807, 2.05) is 0 Å². The number of nitrogens with zero attached hydrogens (tertiary/aromatic N) is 3. The van der Waals surface area contributed by atoms with Gasteiger partial charge in [-0.15, -0.1) is 0 Å². The Labute approximate surface area is 45.4 Å². The van der Waals surface area contributed by atoms with Crippen LogP contribution in [0, 0.1) is 0 Å². The molecule has 0 aliphatic carbocycles. The third-order valence-corrected chi connectivity index (χ3v) is 0.666. The Morgan fingerprint density at radius 2 is 2.62 bits per heavy atom. The predicted octanol–water partition coefficient (Wildman–Crippen LogP) is 2.22. The van der Waals surface area contributed by atoms with Crippen molar-refractivity contribution in [3.8, 4) is 0 Å². The van der Waals surface area contributed by atoms with Gasteiger partial charge in [0.1, 0.15) is 0 Å². The summed E-state index contributed by atoms with van der Waals surface area (Å²) < 4.78 is 4.60. The van der Waals surface area contributed by atoms with Crippen LogP contribution < -0.4 is 0 Å². The number of hydrogen-bond acceptors (Lipinski definition) is 2. The minimum atomic E-state index is 0.507. The molecule has 0 N–H and O–H groups in total. The highest BCUT2D eigenvalue weighted by molar-refractivity contribution is 5.30. The maximum atomic E-state index is 7.85. The van der Waals surface area contributed by atoms with E-state index >= 15 is 0 Å². The standard InChI is InChI=1S/C4H3N3O/c5-7-6-4-1-2-8-3-4/h1-3H. The molecule has 0 unspecified atom stereocenters.